The van der Waals surface area contributed by atoms with Gasteiger partial charge in [0.15, 0.2) is 0 Å². The van der Waals surface area contributed by atoms with Gasteiger partial charge in [0.25, 0.3) is 11.8 Å². The van der Waals surface area contributed by atoms with E-state index < -0.39 is 69.4 Å². The van der Waals surface area contributed by atoms with Gasteiger partial charge >= 0.3 is 12.4 Å². The molecule has 0 saturated carbocycles. The second-order valence-corrected chi connectivity index (χ2v) is 6.84. The third-order valence-electron chi connectivity index (χ3n) is 4.50. The van der Waals surface area contributed by atoms with Crippen molar-refractivity contribution in [3.8, 4) is 0 Å². The van der Waals surface area contributed by atoms with Crippen LogP contribution >= 0.6 is 0 Å². The average Bonchev–Trinajstić information content (AvgIpc) is 2.75. The van der Waals surface area contributed by atoms with Gasteiger partial charge in [0.05, 0.1) is 33.6 Å². The van der Waals surface area contributed by atoms with Crippen molar-refractivity contribution in [1.82, 2.24) is 0 Å². The minimum absolute atomic E-state index is 0.355. The molecule has 0 aliphatic carbocycles. The van der Waals surface area contributed by atoms with Crippen molar-refractivity contribution < 1.29 is 44.7 Å². The lowest BCUT2D eigenvalue weighted by Crippen LogP contribution is -2.21. The van der Waals surface area contributed by atoms with Gasteiger partial charge in [-0.15, -0.1) is 0 Å². The zero-order valence-electron chi connectivity index (χ0n) is 16.6. The Morgan fingerprint density at radius 3 is 1.26 bits per heavy atom. The van der Waals surface area contributed by atoms with Gasteiger partial charge in [-0.1, -0.05) is 12.1 Å². The summed E-state index contributed by atoms with van der Waals surface area (Å²) in [5, 5.41) is 3.84. The molecule has 34 heavy (non-hydrogen) atoms. The molecule has 0 radical (unpaired) electrons. The fourth-order valence-corrected chi connectivity index (χ4v) is 2.85. The third-order valence-corrected chi connectivity index (χ3v) is 4.50. The second-order valence-electron chi connectivity index (χ2n) is 6.84. The summed E-state index contributed by atoms with van der Waals surface area (Å²) in [5.41, 5.74) is -5.03. The van der Waals surface area contributed by atoms with Crippen molar-refractivity contribution in [3.05, 3.63) is 94.6 Å². The van der Waals surface area contributed by atoms with Crippen molar-refractivity contribution in [2.45, 2.75) is 12.4 Å². The molecular formula is C22H12F8N2O2. The minimum atomic E-state index is -4.82. The molecule has 0 fully saturated rings. The van der Waals surface area contributed by atoms with Crippen molar-refractivity contribution in [1.29, 1.82) is 0 Å². The lowest BCUT2D eigenvalue weighted by molar-refractivity contribution is -0.138. The Morgan fingerprint density at radius 1 is 0.588 bits per heavy atom. The molecule has 12 heteroatoms. The number of amides is 2. The van der Waals surface area contributed by atoms with E-state index in [4.69, 9.17) is 0 Å². The summed E-state index contributed by atoms with van der Waals surface area (Å²) in [4.78, 5) is 25.2. The van der Waals surface area contributed by atoms with Crippen LogP contribution in [0, 0.1) is 11.6 Å². The Hall–Kier alpha value is -3.96. The van der Waals surface area contributed by atoms with Crippen molar-refractivity contribution in [3.63, 3.8) is 0 Å². The predicted molar refractivity (Wildman–Crippen MR) is 105 cm³/mol. The number of carbonyl (C=O) groups excluding carboxylic acids is 2. The maximum absolute atomic E-state index is 14.0. The number of anilines is 2. The number of alkyl halides is 6. The van der Waals surface area contributed by atoms with Crippen LogP contribution < -0.4 is 10.6 Å². The molecule has 0 saturated heterocycles. The summed E-state index contributed by atoms with van der Waals surface area (Å²) in [5.74, 6) is -4.74. The van der Waals surface area contributed by atoms with E-state index in [-0.39, 0.29) is 0 Å². The first-order valence-electron chi connectivity index (χ1n) is 9.22. The van der Waals surface area contributed by atoms with Gasteiger partial charge in [-0.3, -0.25) is 9.59 Å². The first kappa shape index (κ1) is 24.7. The molecule has 0 aliphatic heterocycles. The number of benzene rings is 3. The highest BCUT2D eigenvalue weighted by Gasteiger charge is 2.32. The lowest BCUT2D eigenvalue weighted by atomic mass is 10.1. The molecule has 178 valence electrons. The molecule has 0 atom stereocenters. The van der Waals surface area contributed by atoms with E-state index in [2.05, 4.69) is 0 Å². The molecule has 0 aliphatic rings. The number of hydrogen-bond donors (Lipinski definition) is 2. The molecule has 3 rings (SSSR count). The fourth-order valence-electron chi connectivity index (χ4n) is 2.85. The Bertz CT molecular complexity index is 1160. The highest BCUT2D eigenvalue weighted by Crippen LogP contribution is 2.33. The van der Waals surface area contributed by atoms with Crippen LogP contribution in [0.5, 0.6) is 0 Å². The van der Waals surface area contributed by atoms with Crippen molar-refractivity contribution in [2.24, 2.45) is 0 Å². The summed E-state index contributed by atoms with van der Waals surface area (Å²) in [6.07, 6.45) is -9.64. The van der Waals surface area contributed by atoms with E-state index >= 15 is 0 Å². The molecule has 3 aromatic carbocycles. The molecule has 2 N–H and O–H groups in total. The quantitative estimate of drug-likeness (QED) is 0.412. The average molecular weight is 488 g/mol. The van der Waals surface area contributed by atoms with E-state index in [0.29, 0.717) is 36.4 Å². The zero-order valence-corrected chi connectivity index (χ0v) is 16.6. The zero-order chi connectivity index (χ0) is 25.3. The second kappa shape index (κ2) is 9.12. The summed E-state index contributed by atoms with van der Waals surface area (Å²) >= 11 is 0. The Morgan fingerprint density at radius 2 is 0.941 bits per heavy atom. The summed E-state index contributed by atoms with van der Waals surface area (Å²) in [7, 11) is 0. The standard InChI is InChI=1S/C22H12F8N2O2/c23-15-7-5-11(21(25,26)27)9-17(15)31-19(33)13-3-1-2-4-14(13)20(34)32-18-10-12(22(28,29)30)6-8-16(18)24/h1-10H,(H,31,33)(H,32,34). The van der Waals surface area contributed by atoms with Gasteiger partial charge < -0.3 is 10.6 Å². The van der Waals surface area contributed by atoms with Gasteiger partial charge in [0, 0.05) is 0 Å². The van der Waals surface area contributed by atoms with E-state index in [1.807, 2.05) is 10.6 Å². The molecule has 3 aromatic rings. The van der Waals surface area contributed by atoms with Crippen LogP contribution in [-0.4, -0.2) is 11.8 Å². The molecular weight excluding hydrogens is 476 g/mol. The highest BCUT2D eigenvalue weighted by molar-refractivity contribution is 6.15. The Labute approximate surface area is 186 Å². The number of nitrogens with one attached hydrogen (secondary N) is 2. The molecule has 4 nitrogen and oxygen atoms in total. The number of carbonyl (C=O) groups is 2. The monoisotopic (exact) mass is 488 g/mol. The molecule has 0 spiro atoms. The van der Waals surface area contributed by atoms with Crippen LogP contribution in [0.1, 0.15) is 31.8 Å². The maximum atomic E-state index is 14.0. The normalized spacial score (nSPS) is 11.8. The van der Waals surface area contributed by atoms with Crippen LogP contribution in [0.25, 0.3) is 0 Å². The number of hydrogen-bond acceptors (Lipinski definition) is 2. The SMILES string of the molecule is O=C(Nc1cc(C(F)(F)F)ccc1F)c1ccccc1C(=O)Nc1cc(C(F)(F)F)ccc1F. The van der Waals surface area contributed by atoms with Crippen LogP contribution in [0.15, 0.2) is 60.7 Å². The fraction of sp³-hybridized carbons (Fsp3) is 0.0909. The van der Waals surface area contributed by atoms with Gasteiger partial charge in [-0.2, -0.15) is 26.3 Å². The van der Waals surface area contributed by atoms with E-state index in [0.717, 1.165) is 12.1 Å². The highest BCUT2D eigenvalue weighted by atomic mass is 19.4. The van der Waals surface area contributed by atoms with E-state index in [1.165, 1.54) is 12.1 Å². The molecule has 0 unspecified atom stereocenters. The van der Waals surface area contributed by atoms with Gasteiger partial charge in [0.2, 0.25) is 0 Å². The van der Waals surface area contributed by atoms with Gasteiger partial charge in [0.1, 0.15) is 11.6 Å². The summed E-state index contributed by atoms with van der Waals surface area (Å²) < 4.78 is 105. The largest absolute Gasteiger partial charge is 0.416 e. The summed E-state index contributed by atoms with van der Waals surface area (Å²) in [6, 6.07) is 7.32. The first-order valence-corrected chi connectivity index (χ1v) is 9.22. The Balaban J connectivity index is 1.90. The van der Waals surface area contributed by atoms with E-state index in [9.17, 15) is 44.7 Å². The van der Waals surface area contributed by atoms with E-state index in [1.54, 1.807) is 0 Å². The molecule has 0 bridgehead atoms. The number of halogens is 8. The Kier molecular flexibility index (Phi) is 6.62. The molecule has 2 amide bonds. The predicted octanol–water partition coefficient (Wildman–Crippen LogP) is 6.51. The van der Waals surface area contributed by atoms with Gasteiger partial charge in [-0.25, -0.2) is 8.78 Å². The van der Waals surface area contributed by atoms with Crippen LogP contribution in [-0.2, 0) is 12.4 Å². The van der Waals surface area contributed by atoms with Crippen LogP contribution in [0.2, 0.25) is 0 Å². The van der Waals surface area contributed by atoms with Crippen LogP contribution in [0.4, 0.5) is 46.5 Å². The third kappa shape index (κ3) is 5.50. The molecule has 0 aromatic heterocycles. The van der Waals surface area contributed by atoms with Gasteiger partial charge in [-0.05, 0) is 48.5 Å². The molecule has 0 heterocycles. The lowest BCUT2D eigenvalue weighted by Gasteiger charge is -2.14. The topological polar surface area (TPSA) is 58.2 Å². The summed E-state index contributed by atoms with van der Waals surface area (Å²) in [6.45, 7) is 0. The number of rotatable bonds is 4. The first-order chi connectivity index (χ1) is 15.8. The minimum Gasteiger partial charge on any atom is -0.319 e. The maximum Gasteiger partial charge on any atom is 0.416 e. The van der Waals surface area contributed by atoms with Crippen molar-refractivity contribution >= 4 is 23.2 Å². The smallest absolute Gasteiger partial charge is 0.319 e. The van der Waals surface area contributed by atoms with Crippen molar-refractivity contribution in [2.75, 3.05) is 10.6 Å². The van der Waals surface area contributed by atoms with Crippen LogP contribution in [0.3, 0.4) is 0 Å².